The summed E-state index contributed by atoms with van der Waals surface area (Å²) in [6, 6.07) is 6.63. The van der Waals surface area contributed by atoms with Crippen LogP contribution in [0.4, 0.5) is 0 Å². The van der Waals surface area contributed by atoms with Crippen molar-refractivity contribution in [2.24, 2.45) is 11.7 Å². The van der Waals surface area contributed by atoms with Crippen molar-refractivity contribution in [2.75, 3.05) is 6.54 Å². The summed E-state index contributed by atoms with van der Waals surface area (Å²) in [4.78, 5) is 101. The number of phenolic OH excluding ortho intramolecular Hbond substituents is 1. The van der Waals surface area contributed by atoms with Crippen molar-refractivity contribution in [3.05, 3.63) is 65.7 Å². The molecule has 0 aliphatic carbocycles. The van der Waals surface area contributed by atoms with Crippen molar-refractivity contribution in [3.8, 4) is 5.75 Å². The normalized spacial score (nSPS) is 14.2. The molecule has 2 aromatic rings. The fourth-order valence-corrected chi connectivity index (χ4v) is 4.96. The molecule has 0 saturated carbocycles. The van der Waals surface area contributed by atoms with Gasteiger partial charge in [0.2, 0.25) is 35.4 Å². The first-order valence-electron chi connectivity index (χ1n) is 17.2. The number of phenols is 1. The Balaban J connectivity index is 2.18. The fraction of sp³-hybridized carbons (Fsp3) is 0.444. The molecule has 0 bridgehead atoms. The molecule has 18 nitrogen and oxygen atoms in total. The first-order valence-corrected chi connectivity index (χ1v) is 17.2. The number of carbonyl (C=O) groups is 8. The van der Waals surface area contributed by atoms with Gasteiger partial charge in [-0.25, -0.2) is 4.79 Å². The van der Waals surface area contributed by atoms with E-state index in [2.05, 4.69) is 31.9 Å². The molecule has 0 heterocycles. The molecule has 18 heteroatoms. The summed E-state index contributed by atoms with van der Waals surface area (Å²) in [5.74, 6) is -7.76. The lowest BCUT2D eigenvalue weighted by molar-refractivity contribution is -0.143. The predicted octanol–water partition coefficient (Wildman–Crippen LogP) is -1.31. The zero-order chi connectivity index (χ0) is 40.5. The summed E-state index contributed by atoms with van der Waals surface area (Å²) in [5.41, 5.74) is 6.63. The van der Waals surface area contributed by atoms with Gasteiger partial charge in [-0.3, -0.25) is 33.6 Å². The fourth-order valence-electron chi connectivity index (χ4n) is 4.96. The average Bonchev–Trinajstić information content (AvgIpc) is 3.11. The van der Waals surface area contributed by atoms with Crippen LogP contribution in [0, 0.1) is 5.92 Å². The highest BCUT2D eigenvalue weighted by Crippen LogP contribution is 2.12. The maximum Gasteiger partial charge on any atom is 0.326 e. The number of amides is 6. The second kappa shape index (κ2) is 21.5. The number of carboxylic acids is 2. The minimum Gasteiger partial charge on any atom is -0.508 e. The molecular weight excluding hydrogens is 706 g/mol. The average molecular weight is 756 g/mol. The van der Waals surface area contributed by atoms with E-state index in [-0.39, 0.29) is 24.5 Å². The highest BCUT2D eigenvalue weighted by Gasteiger charge is 2.32. The third kappa shape index (κ3) is 15.3. The third-order valence-electron chi connectivity index (χ3n) is 8.04. The van der Waals surface area contributed by atoms with Crippen LogP contribution in [0.5, 0.6) is 5.75 Å². The molecule has 2 rings (SSSR count). The van der Waals surface area contributed by atoms with Gasteiger partial charge in [0.05, 0.1) is 12.6 Å². The lowest BCUT2D eigenvalue weighted by Gasteiger charge is -2.25. The summed E-state index contributed by atoms with van der Waals surface area (Å²) in [5, 5.41) is 43.2. The first kappa shape index (κ1) is 44.1. The number of aliphatic carboxylic acids is 2. The minimum absolute atomic E-state index is 0.0507. The molecule has 6 amide bonds. The summed E-state index contributed by atoms with van der Waals surface area (Å²) in [6.45, 7) is 5.61. The summed E-state index contributed by atoms with van der Waals surface area (Å²) >= 11 is 0. The highest BCUT2D eigenvalue weighted by atomic mass is 16.4. The largest absolute Gasteiger partial charge is 0.508 e. The Morgan fingerprint density at radius 1 is 0.630 bits per heavy atom. The molecule has 0 saturated heterocycles. The predicted molar refractivity (Wildman–Crippen MR) is 193 cm³/mol. The summed E-state index contributed by atoms with van der Waals surface area (Å²) in [6.07, 6.45) is -1.27. The van der Waals surface area contributed by atoms with Gasteiger partial charge in [-0.2, -0.15) is 0 Å². The van der Waals surface area contributed by atoms with Gasteiger partial charge in [0.15, 0.2) is 0 Å². The van der Waals surface area contributed by atoms with Crippen molar-refractivity contribution < 1.29 is 53.7 Å². The van der Waals surface area contributed by atoms with E-state index >= 15 is 0 Å². The monoisotopic (exact) mass is 755 g/mol. The third-order valence-corrected chi connectivity index (χ3v) is 8.04. The van der Waals surface area contributed by atoms with Gasteiger partial charge >= 0.3 is 11.9 Å². The van der Waals surface area contributed by atoms with E-state index in [4.69, 9.17) is 5.73 Å². The number of benzene rings is 2. The molecular formula is C36H49N7O11. The molecule has 2 aromatic carbocycles. The van der Waals surface area contributed by atoms with Crippen LogP contribution in [0.3, 0.4) is 0 Å². The Kier molecular flexibility index (Phi) is 17.5. The van der Waals surface area contributed by atoms with E-state index < -0.39 is 103 Å². The van der Waals surface area contributed by atoms with E-state index in [1.165, 1.54) is 38.1 Å². The standard InChI is InChI=1S/C36H49N7O11/c1-19(2)30(43-31(48)20(3)37)35(52)38-18-28(45)39-21(4)32(49)41-26(16-22-8-6-5-7-9-22)34(51)40-25(14-15-29(46)47)33(50)42-27(36(53)54)17-23-10-12-24(44)13-11-23/h5-13,19-21,25-27,30,44H,14-18,37H2,1-4H3,(H,38,52)(H,39,45)(H,40,51)(H,41,49)(H,42,50)(H,43,48)(H,46,47)(H,53,54)/t20-,21-,25-,26-,27-,30-/m0/s1. The zero-order valence-corrected chi connectivity index (χ0v) is 30.5. The number of hydrogen-bond donors (Lipinski definition) is 10. The number of aromatic hydroxyl groups is 1. The quantitative estimate of drug-likeness (QED) is 0.0711. The molecule has 0 radical (unpaired) electrons. The van der Waals surface area contributed by atoms with Gasteiger partial charge in [0.25, 0.3) is 0 Å². The van der Waals surface area contributed by atoms with E-state index in [1.54, 1.807) is 44.2 Å². The molecule has 11 N–H and O–H groups in total. The molecule has 0 spiro atoms. The molecule has 0 fully saturated rings. The van der Waals surface area contributed by atoms with Gasteiger partial charge in [-0.05, 0) is 49.4 Å². The Morgan fingerprint density at radius 2 is 1.17 bits per heavy atom. The molecule has 0 aliphatic heterocycles. The lowest BCUT2D eigenvalue weighted by Crippen LogP contribution is -2.58. The maximum absolute atomic E-state index is 13.7. The lowest BCUT2D eigenvalue weighted by atomic mass is 10.0. The van der Waals surface area contributed by atoms with Crippen molar-refractivity contribution in [2.45, 2.75) is 89.6 Å². The maximum atomic E-state index is 13.7. The van der Waals surface area contributed by atoms with Crippen molar-refractivity contribution in [1.29, 1.82) is 0 Å². The van der Waals surface area contributed by atoms with Crippen LogP contribution < -0.4 is 37.6 Å². The Bertz CT molecular complexity index is 1630. The van der Waals surface area contributed by atoms with Gasteiger partial charge in [-0.15, -0.1) is 0 Å². The van der Waals surface area contributed by atoms with Gasteiger partial charge in [-0.1, -0.05) is 56.3 Å². The Hall–Kier alpha value is -6.04. The Labute approximate surface area is 312 Å². The second-order valence-electron chi connectivity index (χ2n) is 13.0. The molecule has 54 heavy (non-hydrogen) atoms. The molecule has 6 atom stereocenters. The number of carbonyl (C=O) groups excluding carboxylic acids is 6. The van der Waals surface area contributed by atoms with E-state index in [1.807, 2.05) is 0 Å². The van der Waals surface area contributed by atoms with E-state index in [9.17, 15) is 53.7 Å². The highest BCUT2D eigenvalue weighted by molar-refractivity contribution is 5.96. The van der Waals surface area contributed by atoms with Crippen molar-refractivity contribution >= 4 is 47.4 Å². The zero-order valence-electron chi connectivity index (χ0n) is 30.5. The number of nitrogens with two attached hydrogens (primary N) is 1. The van der Waals surface area contributed by atoms with Crippen LogP contribution >= 0.6 is 0 Å². The molecule has 0 unspecified atom stereocenters. The van der Waals surface area contributed by atoms with Crippen molar-refractivity contribution in [3.63, 3.8) is 0 Å². The van der Waals surface area contributed by atoms with Crippen LogP contribution in [0.2, 0.25) is 0 Å². The van der Waals surface area contributed by atoms with Crippen LogP contribution in [0.1, 0.15) is 51.7 Å². The van der Waals surface area contributed by atoms with Crippen LogP contribution in [-0.4, -0.2) is 105 Å². The number of carboxylic acid groups (broad SMARTS) is 2. The van der Waals surface area contributed by atoms with Gasteiger partial charge in [0, 0.05) is 19.3 Å². The van der Waals surface area contributed by atoms with Crippen LogP contribution in [0.15, 0.2) is 54.6 Å². The topological polar surface area (TPSA) is 295 Å². The van der Waals surface area contributed by atoms with E-state index in [0.717, 1.165) is 0 Å². The molecule has 0 aromatic heterocycles. The Morgan fingerprint density at radius 3 is 1.72 bits per heavy atom. The summed E-state index contributed by atoms with van der Waals surface area (Å²) < 4.78 is 0. The van der Waals surface area contributed by atoms with Gasteiger partial charge in [0.1, 0.15) is 36.0 Å². The van der Waals surface area contributed by atoms with Crippen LogP contribution in [-0.2, 0) is 51.2 Å². The number of rotatable bonds is 21. The van der Waals surface area contributed by atoms with E-state index in [0.29, 0.717) is 11.1 Å². The first-order chi connectivity index (χ1) is 25.4. The smallest absolute Gasteiger partial charge is 0.326 e. The van der Waals surface area contributed by atoms with Crippen LogP contribution in [0.25, 0.3) is 0 Å². The van der Waals surface area contributed by atoms with Gasteiger partial charge < -0.3 is 53.0 Å². The summed E-state index contributed by atoms with van der Waals surface area (Å²) in [7, 11) is 0. The molecule has 0 aliphatic rings. The SMILES string of the molecule is CC(C)[C@H](NC(=O)[C@H](C)N)C(=O)NCC(=O)N[C@@H](C)C(=O)N[C@@H](Cc1ccccc1)C(=O)N[C@@H](CCC(=O)O)C(=O)N[C@@H](Cc1ccc(O)cc1)C(=O)O. The second-order valence-corrected chi connectivity index (χ2v) is 13.0. The number of nitrogens with one attached hydrogen (secondary N) is 6. The minimum atomic E-state index is -1.53. The van der Waals surface area contributed by atoms with Crippen molar-refractivity contribution in [1.82, 2.24) is 31.9 Å². The molecule has 294 valence electrons. The number of hydrogen-bond acceptors (Lipinski definition) is 10.